The Hall–Kier alpha value is -1.65. The van der Waals surface area contributed by atoms with Gasteiger partial charge in [0.15, 0.2) is 0 Å². The van der Waals surface area contributed by atoms with E-state index in [1.54, 1.807) is 12.2 Å². The Morgan fingerprint density at radius 1 is 1.36 bits per heavy atom. The average molecular weight is 156 g/mol. The molecule has 0 aromatic rings. The van der Waals surface area contributed by atoms with Crippen molar-refractivity contribution in [1.29, 1.82) is 0 Å². The fourth-order valence-corrected chi connectivity index (χ4v) is 0.401. The zero-order chi connectivity index (χ0) is 8.85. The van der Waals surface area contributed by atoms with Gasteiger partial charge in [-0.15, -0.1) is 0 Å². The van der Waals surface area contributed by atoms with E-state index in [0.717, 1.165) is 6.08 Å². The van der Waals surface area contributed by atoms with Crippen LogP contribution in [0.15, 0.2) is 12.2 Å². The number of imide groups is 1. The SMILES string of the molecule is C/C=C/C(=O)C(=O)NC(N)=O. The molecule has 0 saturated carbocycles. The van der Waals surface area contributed by atoms with Crippen LogP contribution in [0.3, 0.4) is 0 Å². The second-order valence-corrected chi connectivity index (χ2v) is 1.68. The molecule has 0 radical (unpaired) electrons. The molecule has 5 heteroatoms. The number of carbonyl (C=O) groups excluding carboxylic acids is 3. The molecule has 3 amide bonds. The second-order valence-electron chi connectivity index (χ2n) is 1.68. The Kier molecular flexibility index (Phi) is 3.58. The second kappa shape index (κ2) is 4.21. The van der Waals surface area contributed by atoms with E-state index in [1.165, 1.54) is 6.08 Å². The lowest BCUT2D eigenvalue weighted by molar-refractivity contribution is -0.134. The van der Waals surface area contributed by atoms with Crippen LogP contribution in [0.1, 0.15) is 6.92 Å². The molecule has 0 unspecified atom stereocenters. The fourth-order valence-electron chi connectivity index (χ4n) is 0.401. The smallest absolute Gasteiger partial charge is 0.319 e. The topological polar surface area (TPSA) is 89.3 Å². The molecule has 5 nitrogen and oxygen atoms in total. The number of amides is 3. The Bertz CT molecular complexity index is 220. The molecule has 60 valence electrons. The van der Waals surface area contributed by atoms with Gasteiger partial charge in [-0.05, 0) is 13.0 Å². The molecular weight excluding hydrogens is 148 g/mol. The minimum atomic E-state index is -1.03. The lowest BCUT2D eigenvalue weighted by atomic mass is 10.3. The Balaban J connectivity index is 4.04. The first-order valence-electron chi connectivity index (χ1n) is 2.85. The van der Waals surface area contributed by atoms with Crippen LogP contribution in [0.2, 0.25) is 0 Å². The monoisotopic (exact) mass is 156 g/mol. The molecule has 0 spiro atoms. The van der Waals surface area contributed by atoms with Crippen LogP contribution in [0.5, 0.6) is 0 Å². The highest BCUT2D eigenvalue weighted by Gasteiger charge is 2.10. The van der Waals surface area contributed by atoms with Crippen molar-refractivity contribution in [2.75, 3.05) is 0 Å². The van der Waals surface area contributed by atoms with Crippen molar-refractivity contribution in [2.24, 2.45) is 5.73 Å². The Morgan fingerprint density at radius 3 is 2.27 bits per heavy atom. The van der Waals surface area contributed by atoms with Gasteiger partial charge in [0.05, 0.1) is 0 Å². The zero-order valence-electron chi connectivity index (χ0n) is 5.96. The number of allylic oxidation sites excluding steroid dienone is 1. The minimum Gasteiger partial charge on any atom is -0.351 e. The van der Waals surface area contributed by atoms with E-state index < -0.39 is 17.7 Å². The maximum atomic E-state index is 10.6. The quantitative estimate of drug-likeness (QED) is 0.410. The van der Waals surface area contributed by atoms with E-state index >= 15 is 0 Å². The van der Waals surface area contributed by atoms with Crippen molar-refractivity contribution in [3.63, 3.8) is 0 Å². The van der Waals surface area contributed by atoms with Gasteiger partial charge < -0.3 is 5.73 Å². The van der Waals surface area contributed by atoms with E-state index in [9.17, 15) is 14.4 Å². The first-order valence-corrected chi connectivity index (χ1v) is 2.85. The molecule has 0 heterocycles. The third kappa shape index (κ3) is 3.85. The standard InChI is InChI=1S/C6H8N2O3/c1-2-3-4(9)5(10)8-6(7)11/h2-3H,1H3,(H3,7,8,10,11)/b3-2+. The number of primary amides is 1. The molecule has 0 aromatic carbocycles. The first kappa shape index (κ1) is 9.35. The molecule has 0 aliphatic rings. The maximum Gasteiger partial charge on any atom is 0.319 e. The molecule has 3 N–H and O–H groups in total. The third-order valence-electron chi connectivity index (χ3n) is 0.779. The van der Waals surface area contributed by atoms with Gasteiger partial charge in [-0.2, -0.15) is 0 Å². The molecule has 0 bridgehead atoms. The highest BCUT2D eigenvalue weighted by molar-refractivity contribution is 6.42. The van der Waals surface area contributed by atoms with Gasteiger partial charge in [0, 0.05) is 0 Å². The fraction of sp³-hybridized carbons (Fsp3) is 0.167. The van der Waals surface area contributed by atoms with E-state index in [4.69, 9.17) is 0 Å². The summed E-state index contributed by atoms with van der Waals surface area (Å²) < 4.78 is 0. The van der Waals surface area contributed by atoms with E-state index in [2.05, 4.69) is 5.73 Å². The Morgan fingerprint density at radius 2 is 1.91 bits per heavy atom. The molecule has 11 heavy (non-hydrogen) atoms. The van der Waals surface area contributed by atoms with Crippen LogP contribution in [-0.2, 0) is 9.59 Å². The van der Waals surface area contributed by atoms with E-state index in [-0.39, 0.29) is 0 Å². The van der Waals surface area contributed by atoms with Gasteiger partial charge in [0.2, 0.25) is 5.78 Å². The summed E-state index contributed by atoms with van der Waals surface area (Å²) in [6, 6.07) is -1.03. The van der Waals surface area contributed by atoms with Crippen LogP contribution >= 0.6 is 0 Å². The van der Waals surface area contributed by atoms with Gasteiger partial charge in [-0.25, -0.2) is 4.79 Å². The van der Waals surface area contributed by atoms with Crippen LogP contribution in [-0.4, -0.2) is 17.7 Å². The van der Waals surface area contributed by atoms with Crippen LogP contribution < -0.4 is 11.1 Å². The number of urea groups is 1. The number of carbonyl (C=O) groups is 3. The predicted molar refractivity (Wildman–Crippen MR) is 37.5 cm³/mol. The van der Waals surface area contributed by atoms with E-state index in [1.807, 2.05) is 0 Å². The van der Waals surface area contributed by atoms with Gasteiger partial charge in [-0.3, -0.25) is 14.9 Å². The largest absolute Gasteiger partial charge is 0.351 e. The number of nitrogens with two attached hydrogens (primary N) is 1. The van der Waals surface area contributed by atoms with Crippen LogP contribution in [0, 0.1) is 0 Å². The molecule has 0 aliphatic heterocycles. The van der Waals surface area contributed by atoms with Crippen LogP contribution in [0.4, 0.5) is 4.79 Å². The summed E-state index contributed by atoms with van der Waals surface area (Å²) in [5.41, 5.74) is 4.58. The summed E-state index contributed by atoms with van der Waals surface area (Å²) in [4.78, 5) is 31.1. The number of hydrogen-bond donors (Lipinski definition) is 2. The predicted octanol–water partition coefficient (Wildman–Crippen LogP) is -0.673. The number of nitrogens with one attached hydrogen (secondary N) is 1. The third-order valence-corrected chi connectivity index (χ3v) is 0.779. The van der Waals surface area contributed by atoms with Gasteiger partial charge in [0.1, 0.15) is 0 Å². The van der Waals surface area contributed by atoms with Gasteiger partial charge in [0.25, 0.3) is 5.91 Å². The van der Waals surface area contributed by atoms with Gasteiger partial charge in [-0.1, -0.05) is 6.08 Å². The first-order chi connectivity index (χ1) is 5.07. The number of hydrogen-bond acceptors (Lipinski definition) is 3. The minimum absolute atomic E-state index is 0.800. The zero-order valence-corrected chi connectivity index (χ0v) is 5.96. The molecule has 0 aromatic heterocycles. The van der Waals surface area contributed by atoms with Crippen molar-refractivity contribution >= 4 is 17.7 Å². The summed E-state index contributed by atoms with van der Waals surface area (Å²) in [5.74, 6) is -1.82. The highest BCUT2D eigenvalue weighted by atomic mass is 16.2. The Labute approximate surface area is 63.2 Å². The molecule has 0 rings (SSSR count). The number of ketones is 1. The average Bonchev–Trinajstić information content (AvgIpc) is 1.86. The molecule has 0 saturated heterocycles. The normalized spacial score (nSPS) is 9.55. The summed E-state index contributed by atoms with van der Waals surface area (Å²) in [7, 11) is 0. The van der Waals surface area contributed by atoms with Crippen molar-refractivity contribution in [3.05, 3.63) is 12.2 Å². The molecular formula is C6H8N2O3. The summed E-state index contributed by atoms with van der Waals surface area (Å²) in [6.07, 6.45) is 2.43. The van der Waals surface area contributed by atoms with Crippen molar-refractivity contribution < 1.29 is 14.4 Å². The van der Waals surface area contributed by atoms with Crippen molar-refractivity contribution in [1.82, 2.24) is 5.32 Å². The lowest BCUT2D eigenvalue weighted by Crippen LogP contribution is -2.38. The highest BCUT2D eigenvalue weighted by Crippen LogP contribution is 1.76. The lowest BCUT2D eigenvalue weighted by Gasteiger charge is -1.93. The summed E-state index contributed by atoms with van der Waals surface area (Å²) >= 11 is 0. The number of rotatable bonds is 2. The van der Waals surface area contributed by atoms with Crippen LogP contribution in [0.25, 0.3) is 0 Å². The van der Waals surface area contributed by atoms with E-state index in [0.29, 0.717) is 0 Å². The molecule has 0 aliphatic carbocycles. The summed E-state index contributed by atoms with van der Waals surface area (Å²) in [6.45, 7) is 1.58. The van der Waals surface area contributed by atoms with Gasteiger partial charge >= 0.3 is 6.03 Å². The summed E-state index contributed by atoms with van der Waals surface area (Å²) in [5, 5.41) is 1.63. The van der Waals surface area contributed by atoms with Crippen molar-refractivity contribution in [2.45, 2.75) is 6.92 Å². The maximum absolute atomic E-state index is 10.6. The van der Waals surface area contributed by atoms with Crippen molar-refractivity contribution in [3.8, 4) is 0 Å². The molecule has 0 fully saturated rings. The molecule has 0 atom stereocenters.